The van der Waals surface area contributed by atoms with Gasteiger partial charge in [-0.25, -0.2) is 4.98 Å². The molecular formula is C18H11BrN2O. The van der Waals surface area contributed by atoms with E-state index in [1.165, 1.54) is 16.5 Å². The Morgan fingerprint density at radius 3 is 2.68 bits per heavy atom. The summed E-state index contributed by atoms with van der Waals surface area (Å²) in [7, 11) is 0. The Morgan fingerprint density at radius 2 is 1.86 bits per heavy atom. The first kappa shape index (κ1) is 13.2. The fraction of sp³-hybridized carbons (Fsp3) is 0. The van der Waals surface area contributed by atoms with E-state index in [-0.39, 0.29) is 5.91 Å². The zero-order valence-electron chi connectivity index (χ0n) is 11.5. The predicted molar refractivity (Wildman–Crippen MR) is 92.8 cm³/mol. The van der Waals surface area contributed by atoms with Crippen molar-refractivity contribution in [1.82, 2.24) is 4.98 Å². The number of anilines is 1. The maximum atomic E-state index is 12.4. The van der Waals surface area contributed by atoms with Crippen molar-refractivity contribution in [3.05, 3.63) is 70.0 Å². The minimum absolute atomic E-state index is 0.144. The number of carbonyl (C=O) groups excluding carboxylic acids is 1. The van der Waals surface area contributed by atoms with E-state index in [4.69, 9.17) is 0 Å². The van der Waals surface area contributed by atoms with Crippen molar-refractivity contribution in [2.24, 2.45) is 0 Å². The molecule has 1 aliphatic carbocycles. The van der Waals surface area contributed by atoms with Gasteiger partial charge in [0.1, 0.15) is 4.60 Å². The van der Waals surface area contributed by atoms with Gasteiger partial charge in [0.15, 0.2) is 0 Å². The Bertz CT molecular complexity index is 935. The molecule has 4 heteroatoms. The predicted octanol–water partition coefficient (Wildman–Crippen LogP) is 4.73. The van der Waals surface area contributed by atoms with E-state index in [0.717, 1.165) is 11.1 Å². The first-order valence-corrected chi connectivity index (χ1v) is 7.68. The summed E-state index contributed by atoms with van der Waals surface area (Å²) in [5.74, 6) is -0.144. The van der Waals surface area contributed by atoms with Crippen LogP contribution in [0.5, 0.6) is 0 Å². The van der Waals surface area contributed by atoms with Gasteiger partial charge >= 0.3 is 0 Å². The highest BCUT2D eigenvalue weighted by molar-refractivity contribution is 9.10. The minimum atomic E-state index is -0.144. The third-order valence-corrected chi connectivity index (χ3v) is 4.22. The molecule has 4 rings (SSSR count). The van der Waals surface area contributed by atoms with Gasteiger partial charge < -0.3 is 5.32 Å². The quantitative estimate of drug-likeness (QED) is 0.531. The lowest BCUT2D eigenvalue weighted by Crippen LogP contribution is -2.12. The van der Waals surface area contributed by atoms with Crippen LogP contribution in [0.1, 0.15) is 21.5 Å². The Hall–Kier alpha value is -2.46. The molecule has 22 heavy (non-hydrogen) atoms. The fourth-order valence-corrected chi connectivity index (χ4v) is 3.13. The molecule has 0 spiro atoms. The van der Waals surface area contributed by atoms with E-state index in [1.54, 1.807) is 18.3 Å². The lowest BCUT2D eigenvalue weighted by atomic mass is 10.0. The highest BCUT2D eigenvalue weighted by Gasteiger charge is 2.14. The van der Waals surface area contributed by atoms with Gasteiger partial charge in [-0.3, -0.25) is 4.79 Å². The summed E-state index contributed by atoms with van der Waals surface area (Å²) >= 11 is 3.28. The van der Waals surface area contributed by atoms with Gasteiger partial charge in [-0.05, 0) is 50.6 Å². The lowest BCUT2D eigenvalue weighted by molar-refractivity contribution is 0.102. The van der Waals surface area contributed by atoms with E-state index < -0.39 is 0 Å². The Kier molecular flexibility index (Phi) is 3.05. The van der Waals surface area contributed by atoms with Crippen molar-refractivity contribution in [3.63, 3.8) is 0 Å². The molecule has 3 nitrogen and oxygen atoms in total. The van der Waals surface area contributed by atoms with Crippen LogP contribution in [0, 0.1) is 0 Å². The van der Waals surface area contributed by atoms with Gasteiger partial charge in [-0.2, -0.15) is 0 Å². The maximum Gasteiger partial charge on any atom is 0.255 e. The monoisotopic (exact) mass is 350 g/mol. The lowest BCUT2D eigenvalue weighted by Gasteiger charge is -2.10. The van der Waals surface area contributed by atoms with Gasteiger partial charge in [0.25, 0.3) is 5.91 Å². The fourth-order valence-electron chi connectivity index (χ4n) is 2.77. The molecule has 3 aromatic rings. The molecule has 1 amide bonds. The minimum Gasteiger partial charge on any atom is -0.321 e. The SMILES string of the molecule is O=C(Nc1ccc2c3c(cccc13)C=C2)c1ccnc(Br)c1. The molecular weight excluding hydrogens is 340 g/mol. The van der Waals surface area contributed by atoms with E-state index in [1.807, 2.05) is 24.3 Å². The molecule has 0 bridgehead atoms. The van der Waals surface area contributed by atoms with Gasteiger partial charge in [-0.15, -0.1) is 0 Å². The Balaban J connectivity index is 1.76. The summed E-state index contributed by atoms with van der Waals surface area (Å²) < 4.78 is 0.643. The van der Waals surface area contributed by atoms with Gasteiger partial charge in [0, 0.05) is 22.8 Å². The first-order chi connectivity index (χ1) is 10.7. The average molecular weight is 351 g/mol. The smallest absolute Gasteiger partial charge is 0.255 e. The van der Waals surface area contributed by atoms with Crippen LogP contribution in [0.3, 0.4) is 0 Å². The number of halogens is 1. The second-order valence-corrected chi connectivity index (χ2v) is 5.94. The molecule has 1 aromatic heterocycles. The summed E-state index contributed by atoms with van der Waals surface area (Å²) in [5, 5.41) is 5.24. The van der Waals surface area contributed by atoms with Gasteiger partial charge in [0.2, 0.25) is 0 Å². The molecule has 2 aromatic carbocycles. The second-order valence-electron chi connectivity index (χ2n) is 5.13. The van der Waals surface area contributed by atoms with Crippen LogP contribution in [0.4, 0.5) is 5.69 Å². The Morgan fingerprint density at radius 1 is 1.05 bits per heavy atom. The van der Waals surface area contributed by atoms with Crippen molar-refractivity contribution < 1.29 is 4.79 Å². The molecule has 106 valence electrons. The summed E-state index contributed by atoms with van der Waals surface area (Å²) in [4.78, 5) is 16.5. The number of aromatic nitrogens is 1. The van der Waals surface area contributed by atoms with Crippen molar-refractivity contribution in [1.29, 1.82) is 0 Å². The van der Waals surface area contributed by atoms with Crippen LogP contribution in [0.25, 0.3) is 22.9 Å². The molecule has 1 N–H and O–H groups in total. The maximum absolute atomic E-state index is 12.4. The van der Waals surface area contributed by atoms with E-state index in [2.05, 4.69) is 44.4 Å². The summed E-state index contributed by atoms with van der Waals surface area (Å²) in [5.41, 5.74) is 3.77. The van der Waals surface area contributed by atoms with Crippen LogP contribution in [-0.2, 0) is 0 Å². The van der Waals surface area contributed by atoms with Crippen LogP contribution >= 0.6 is 15.9 Å². The van der Waals surface area contributed by atoms with Crippen LogP contribution in [0.2, 0.25) is 0 Å². The first-order valence-electron chi connectivity index (χ1n) is 6.89. The average Bonchev–Trinajstić information content (AvgIpc) is 2.95. The molecule has 0 fully saturated rings. The second kappa shape index (κ2) is 5.07. The number of hydrogen-bond donors (Lipinski definition) is 1. The van der Waals surface area contributed by atoms with Crippen LogP contribution in [0.15, 0.2) is 53.3 Å². The standard InChI is InChI=1S/C18H11BrN2O/c19-16-10-13(8-9-20-16)18(22)21-15-7-6-12-5-4-11-2-1-3-14(15)17(11)12/h1-10H,(H,21,22). The van der Waals surface area contributed by atoms with Crippen molar-refractivity contribution in [2.45, 2.75) is 0 Å². The summed E-state index contributed by atoms with van der Waals surface area (Å²) in [6, 6.07) is 13.5. The number of carbonyl (C=O) groups is 1. The molecule has 1 heterocycles. The molecule has 1 aliphatic rings. The third-order valence-electron chi connectivity index (χ3n) is 3.78. The molecule has 0 radical (unpaired) electrons. The highest BCUT2D eigenvalue weighted by atomic mass is 79.9. The number of nitrogens with zero attached hydrogens (tertiary/aromatic N) is 1. The molecule has 0 aliphatic heterocycles. The highest BCUT2D eigenvalue weighted by Crippen LogP contribution is 2.35. The molecule has 0 unspecified atom stereocenters. The van der Waals surface area contributed by atoms with Crippen molar-refractivity contribution in [3.8, 4) is 0 Å². The molecule has 0 saturated heterocycles. The largest absolute Gasteiger partial charge is 0.321 e. The summed E-state index contributed by atoms with van der Waals surface area (Å²) in [6.07, 6.45) is 5.81. The molecule has 0 atom stereocenters. The Labute approximate surface area is 135 Å². The number of pyridine rings is 1. The zero-order chi connectivity index (χ0) is 15.1. The van der Waals surface area contributed by atoms with E-state index >= 15 is 0 Å². The zero-order valence-corrected chi connectivity index (χ0v) is 13.1. The van der Waals surface area contributed by atoms with Crippen molar-refractivity contribution >= 4 is 50.4 Å². The van der Waals surface area contributed by atoms with Crippen molar-refractivity contribution in [2.75, 3.05) is 5.32 Å². The topological polar surface area (TPSA) is 42.0 Å². The van der Waals surface area contributed by atoms with E-state index in [0.29, 0.717) is 10.2 Å². The number of hydrogen-bond acceptors (Lipinski definition) is 2. The number of rotatable bonds is 2. The number of benzene rings is 2. The third kappa shape index (κ3) is 2.12. The number of amides is 1. The van der Waals surface area contributed by atoms with Crippen LogP contribution < -0.4 is 5.32 Å². The molecule has 0 saturated carbocycles. The van der Waals surface area contributed by atoms with Gasteiger partial charge in [0.05, 0.1) is 0 Å². The number of nitrogens with one attached hydrogen (secondary N) is 1. The summed E-state index contributed by atoms with van der Waals surface area (Å²) in [6.45, 7) is 0. The van der Waals surface area contributed by atoms with E-state index in [9.17, 15) is 4.79 Å². The van der Waals surface area contributed by atoms with Gasteiger partial charge in [-0.1, -0.05) is 36.4 Å². The normalized spacial score (nSPS) is 11.9. The van der Waals surface area contributed by atoms with Crippen LogP contribution in [-0.4, -0.2) is 10.9 Å².